The molecule has 0 saturated heterocycles. The maximum atomic E-state index is 13.3. The van der Waals surface area contributed by atoms with Crippen molar-refractivity contribution in [2.24, 2.45) is 0 Å². The SMILES string of the molecule is CNC(Cc1cccc(F)c1)c1cc(Br)c(C)cc1OC. The van der Waals surface area contributed by atoms with Gasteiger partial charge < -0.3 is 10.1 Å². The van der Waals surface area contributed by atoms with E-state index in [4.69, 9.17) is 4.74 Å². The molecule has 0 fully saturated rings. The number of methoxy groups -OCH3 is 1. The van der Waals surface area contributed by atoms with Crippen LogP contribution in [0.5, 0.6) is 5.75 Å². The summed E-state index contributed by atoms with van der Waals surface area (Å²) in [7, 11) is 3.57. The summed E-state index contributed by atoms with van der Waals surface area (Å²) >= 11 is 3.56. The molecule has 2 aromatic rings. The number of hydrogen-bond acceptors (Lipinski definition) is 2. The molecule has 0 heterocycles. The molecule has 2 rings (SSSR count). The number of likely N-dealkylation sites (N-methyl/N-ethyl adjacent to an activating group) is 1. The standard InChI is InChI=1S/C17H19BrFNO/c1-11-7-17(21-3)14(10-15(11)18)16(20-2)9-12-5-4-6-13(19)8-12/h4-8,10,16,20H,9H2,1-3H3. The first-order valence-corrected chi connectivity index (χ1v) is 7.60. The van der Waals surface area contributed by atoms with Crippen LogP contribution in [-0.4, -0.2) is 14.2 Å². The zero-order chi connectivity index (χ0) is 15.4. The van der Waals surface area contributed by atoms with Crippen molar-refractivity contribution in [2.45, 2.75) is 19.4 Å². The highest BCUT2D eigenvalue weighted by atomic mass is 79.9. The zero-order valence-corrected chi connectivity index (χ0v) is 14.0. The van der Waals surface area contributed by atoms with Gasteiger partial charge in [0.1, 0.15) is 11.6 Å². The van der Waals surface area contributed by atoms with E-state index >= 15 is 0 Å². The van der Waals surface area contributed by atoms with Crippen molar-refractivity contribution in [3.8, 4) is 5.75 Å². The van der Waals surface area contributed by atoms with Crippen LogP contribution in [0.4, 0.5) is 4.39 Å². The Labute approximate surface area is 133 Å². The Balaban J connectivity index is 2.35. The van der Waals surface area contributed by atoms with E-state index in [1.54, 1.807) is 19.2 Å². The highest BCUT2D eigenvalue weighted by molar-refractivity contribution is 9.10. The van der Waals surface area contributed by atoms with Crippen LogP contribution in [0.1, 0.15) is 22.7 Å². The topological polar surface area (TPSA) is 21.3 Å². The third-order valence-electron chi connectivity index (χ3n) is 3.56. The van der Waals surface area contributed by atoms with Gasteiger partial charge >= 0.3 is 0 Å². The van der Waals surface area contributed by atoms with Crippen molar-refractivity contribution < 1.29 is 9.13 Å². The minimum Gasteiger partial charge on any atom is -0.496 e. The van der Waals surface area contributed by atoms with E-state index in [-0.39, 0.29) is 11.9 Å². The van der Waals surface area contributed by atoms with Crippen molar-refractivity contribution in [1.29, 1.82) is 0 Å². The van der Waals surface area contributed by atoms with Crippen LogP contribution < -0.4 is 10.1 Å². The van der Waals surface area contributed by atoms with Gasteiger partial charge in [-0.05, 0) is 55.8 Å². The molecule has 0 spiro atoms. The van der Waals surface area contributed by atoms with Gasteiger partial charge in [-0.15, -0.1) is 0 Å². The Hall–Kier alpha value is -1.39. The van der Waals surface area contributed by atoms with Crippen molar-refractivity contribution in [1.82, 2.24) is 5.32 Å². The number of rotatable bonds is 5. The second-order valence-electron chi connectivity index (χ2n) is 5.02. The van der Waals surface area contributed by atoms with E-state index in [1.165, 1.54) is 6.07 Å². The first-order valence-electron chi connectivity index (χ1n) is 6.81. The number of halogens is 2. The van der Waals surface area contributed by atoms with Crippen LogP contribution in [0.3, 0.4) is 0 Å². The van der Waals surface area contributed by atoms with Gasteiger partial charge in [-0.1, -0.05) is 28.1 Å². The predicted molar refractivity (Wildman–Crippen MR) is 87.3 cm³/mol. The van der Waals surface area contributed by atoms with Gasteiger partial charge in [-0.3, -0.25) is 0 Å². The minimum atomic E-state index is -0.209. The maximum Gasteiger partial charge on any atom is 0.123 e. The van der Waals surface area contributed by atoms with Crippen LogP contribution in [-0.2, 0) is 6.42 Å². The van der Waals surface area contributed by atoms with E-state index in [1.807, 2.05) is 26.1 Å². The predicted octanol–water partition coefficient (Wildman–Crippen LogP) is 4.41. The second kappa shape index (κ2) is 7.05. The summed E-state index contributed by atoms with van der Waals surface area (Å²) in [5.41, 5.74) is 3.13. The second-order valence-corrected chi connectivity index (χ2v) is 5.87. The Kier molecular flexibility index (Phi) is 5.37. The van der Waals surface area contributed by atoms with Gasteiger partial charge in [0.15, 0.2) is 0 Å². The van der Waals surface area contributed by atoms with Crippen LogP contribution >= 0.6 is 15.9 Å². The molecular formula is C17H19BrFNO. The van der Waals surface area contributed by atoms with Crippen molar-refractivity contribution >= 4 is 15.9 Å². The Bertz CT molecular complexity index is 630. The van der Waals surface area contributed by atoms with Gasteiger partial charge in [-0.25, -0.2) is 4.39 Å². The van der Waals surface area contributed by atoms with Crippen LogP contribution in [0, 0.1) is 12.7 Å². The fourth-order valence-corrected chi connectivity index (χ4v) is 2.75. The van der Waals surface area contributed by atoms with E-state index in [2.05, 4.69) is 27.3 Å². The average Bonchev–Trinajstić information content (AvgIpc) is 2.47. The zero-order valence-electron chi connectivity index (χ0n) is 12.4. The third-order valence-corrected chi connectivity index (χ3v) is 4.42. The molecule has 0 aliphatic rings. The summed E-state index contributed by atoms with van der Waals surface area (Å²) in [6.45, 7) is 2.03. The monoisotopic (exact) mass is 351 g/mol. The molecule has 0 amide bonds. The van der Waals surface area contributed by atoms with Crippen molar-refractivity contribution in [3.63, 3.8) is 0 Å². The van der Waals surface area contributed by atoms with Crippen molar-refractivity contribution in [3.05, 3.63) is 63.4 Å². The third kappa shape index (κ3) is 3.83. The smallest absolute Gasteiger partial charge is 0.123 e. The number of hydrogen-bond donors (Lipinski definition) is 1. The molecule has 21 heavy (non-hydrogen) atoms. The fraction of sp³-hybridized carbons (Fsp3) is 0.294. The van der Waals surface area contributed by atoms with E-state index in [0.29, 0.717) is 6.42 Å². The number of nitrogens with one attached hydrogen (secondary N) is 1. The van der Waals surface area contributed by atoms with Gasteiger partial charge in [0.25, 0.3) is 0 Å². The molecule has 0 aliphatic carbocycles. The summed E-state index contributed by atoms with van der Waals surface area (Å²) in [5.74, 6) is 0.630. The van der Waals surface area contributed by atoms with Gasteiger partial charge in [0.2, 0.25) is 0 Å². The van der Waals surface area contributed by atoms with Crippen LogP contribution in [0.25, 0.3) is 0 Å². The Morgan fingerprint density at radius 1 is 1.29 bits per heavy atom. The first kappa shape index (κ1) is 16.0. The number of ether oxygens (including phenoxy) is 1. The number of aryl methyl sites for hydroxylation is 1. The molecule has 4 heteroatoms. The molecule has 1 atom stereocenters. The quantitative estimate of drug-likeness (QED) is 0.861. The molecule has 0 aromatic heterocycles. The van der Waals surface area contributed by atoms with Crippen LogP contribution in [0.15, 0.2) is 40.9 Å². The molecular weight excluding hydrogens is 333 g/mol. The highest BCUT2D eigenvalue weighted by Gasteiger charge is 2.17. The van der Waals surface area contributed by atoms with Gasteiger partial charge in [-0.2, -0.15) is 0 Å². The van der Waals surface area contributed by atoms with Crippen LogP contribution in [0.2, 0.25) is 0 Å². The summed E-state index contributed by atoms with van der Waals surface area (Å²) in [6.07, 6.45) is 0.695. The lowest BCUT2D eigenvalue weighted by molar-refractivity contribution is 0.400. The summed E-state index contributed by atoms with van der Waals surface area (Å²) in [6, 6.07) is 10.8. The lowest BCUT2D eigenvalue weighted by Crippen LogP contribution is -2.20. The van der Waals surface area contributed by atoms with E-state index < -0.39 is 0 Å². The maximum absolute atomic E-state index is 13.3. The van der Waals surface area contributed by atoms with Crippen molar-refractivity contribution in [2.75, 3.05) is 14.2 Å². The lowest BCUT2D eigenvalue weighted by Gasteiger charge is -2.21. The molecule has 2 nitrogen and oxygen atoms in total. The Morgan fingerprint density at radius 2 is 2.05 bits per heavy atom. The molecule has 0 saturated carbocycles. The summed E-state index contributed by atoms with van der Waals surface area (Å²) in [4.78, 5) is 0. The molecule has 0 radical (unpaired) electrons. The summed E-state index contributed by atoms with van der Waals surface area (Å²) in [5, 5.41) is 3.28. The molecule has 1 unspecified atom stereocenters. The number of benzene rings is 2. The molecule has 112 valence electrons. The van der Waals surface area contributed by atoms with Gasteiger partial charge in [0.05, 0.1) is 7.11 Å². The minimum absolute atomic E-state index is 0.0543. The normalized spacial score (nSPS) is 12.2. The molecule has 0 aliphatic heterocycles. The molecule has 1 N–H and O–H groups in total. The largest absolute Gasteiger partial charge is 0.496 e. The molecule has 0 bridgehead atoms. The fourth-order valence-electron chi connectivity index (χ4n) is 2.39. The summed E-state index contributed by atoms with van der Waals surface area (Å²) < 4.78 is 19.9. The Morgan fingerprint density at radius 3 is 2.67 bits per heavy atom. The van der Waals surface area contributed by atoms with Gasteiger partial charge in [0, 0.05) is 16.1 Å². The highest BCUT2D eigenvalue weighted by Crippen LogP contribution is 2.32. The van der Waals surface area contributed by atoms with E-state index in [9.17, 15) is 4.39 Å². The lowest BCUT2D eigenvalue weighted by atomic mass is 9.97. The average molecular weight is 352 g/mol. The molecule has 2 aromatic carbocycles. The van der Waals surface area contributed by atoms with E-state index in [0.717, 1.165) is 26.9 Å². The first-order chi connectivity index (χ1) is 10.0.